The third-order valence-electron chi connectivity index (χ3n) is 7.08. The Balaban J connectivity index is 1.51. The van der Waals surface area contributed by atoms with Gasteiger partial charge >= 0.3 is 5.97 Å². The standard InChI is InChI=1S/C27H29NO4S/c1-16-24(27(30)32-19-7-3-4-8-19)25(17-11-12-33-15-17)26-21(28-16)13-18(14-22(26)29)20-9-5-6-10-23(20)31-2/h5-6,9-12,15,18-19,25,28H,3-4,7-8,13-14H2,1-2H3. The van der Waals surface area contributed by atoms with Gasteiger partial charge in [-0.1, -0.05) is 18.2 Å². The molecule has 1 aromatic heterocycles. The summed E-state index contributed by atoms with van der Waals surface area (Å²) in [5.74, 6) is 0.233. The second-order valence-electron chi connectivity index (χ2n) is 9.13. The fourth-order valence-electron chi connectivity index (χ4n) is 5.53. The van der Waals surface area contributed by atoms with Crippen molar-refractivity contribution >= 4 is 23.1 Å². The first-order chi connectivity index (χ1) is 16.1. The van der Waals surface area contributed by atoms with Crippen molar-refractivity contribution in [1.82, 2.24) is 5.32 Å². The molecule has 0 spiro atoms. The number of benzene rings is 1. The predicted molar refractivity (Wildman–Crippen MR) is 128 cm³/mol. The fourth-order valence-corrected chi connectivity index (χ4v) is 6.21. The summed E-state index contributed by atoms with van der Waals surface area (Å²) in [7, 11) is 1.66. The Kier molecular flexibility index (Phi) is 6.11. The molecule has 6 heteroatoms. The summed E-state index contributed by atoms with van der Waals surface area (Å²) in [6, 6.07) is 9.92. The lowest BCUT2D eigenvalue weighted by atomic mass is 9.72. The molecule has 0 radical (unpaired) electrons. The number of para-hydroxylation sites is 1. The zero-order valence-corrected chi connectivity index (χ0v) is 19.9. The Bertz CT molecular complexity index is 1120. The predicted octanol–water partition coefficient (Wildman–Crippen LogP) is 5.60. The van der Waals surface area contributed by atoms with Gasteiger partial charge in [0.05, 0.1) is 12.7 Å². The maximum Gasteiger partial charge on any atom is 0.337 e. The molecule has 33 heavy (non-hydrogen) atoms. The number of methoxy groups -OCH3 is 1. The van der Waals surface area contributed by atoms with Gasteiger partial charge in [0.15, 0.2) is 5.78 Å². The van der Waals surface area contributed by atoms with E-state index >= 15 is 0 Å². The summed E-state index contributed by atoms with van der Waals surface area (Å²) in [5, 5.41) is 7.47. The van der Waals surface area contributed by atoms with Crippen LogP contribution < -0.4 is 10.1 Å². The number of hydrogen-bond acceptors (Lipinski definition) is 6. The zero-order chi connectivity index (χ0) is 22.9. The average Bonchev–Trinajstić information content (AvgIpc) is 3.52. The lowest BCUT2D eigenvalue weighted by Gasteiger charge is -2.36. The molecule has 1 N–H and O–H groups in total. The molecule has 1 fully saturated rings. The molecule has 0 amide bonds. The largest absolute Gasteiger partial charge is 0.496 e. The van der Waals surface area contributed by atoms with E-state index in [1.807, 2.05) is 48.0 Å². The smallest absolute Gasteiger partial charge is 0.337 e. The summed E-state index contributed by atoms with van der Waals surface area (Å²) in [6.07, 6.45) is 5.11. The SMILES string of the molecule is COc1ccccc1C1CC(=O)C2=C(C1)NC(C)=C(C(=O)OC1CCCC1)C2c1ccsc1. The molecule has 2 heterocycles. The van der Waals surface area contributed by atoms with Gasteiger partial charge in [0.1, 0.15) is 11.9 Å². The van der Waals surface area contributed by atoms with Crippen LogP contribution in [0, 0.1) is 0 Å². The summed E-state index contributed by atoms with van der Waals surface area (Å²) in [6.45, 7) is 1.92. The van der Waals surface area contributed by atoms with Crippen LogP contribution in [0.2, 0.25) is 0 Å². The molecule has 5 nitrogen and oxygen atoms in total. The second-order valence-corrected chi connectivity index (χ2v) is 9.91. The highest BCUT2D eigenvalue weighted by Crippen LogP contribution is 2.47. The Morgan fingerprint density at radius 3 is 2.64 bits per heavy atom. The van der Waals surface area contributed by atoms with E-state index in [-0.39, 0.29) is 29.7 Å². The third-order valence-corrected chi connectivity index (χ3v) is 7.78. The van der Waals surface area contributed by atoms with Crippen LogP contribution in [0.4, 0.5) is 0 Å². The third kappa shape index (κ3) is 4.12. The fraction of sp³-hybridized carbons (Fsp3) is 0.407. The van der Waals surface area contributed by atoms with Gasteiger partial charge in [0, 0.05) is 35.2 Å². The van der Waals surface area contributed by atoms with Gasteiger partial charge in [-0.05, 0) is 73.0 Å². The number of hydrogen-bond donors (Lipinski definition) is 1. The van der Waals surface area contributed by atoms with Gasteiger partial charge in [0.2, 0.25) is 0 Å². The molecule has 2 aromatic rings. The van der Waals surface area contributed by atoms with E-state index in [2.05, 4.69) is 5.32 Å². The average molecular weight is 464 g/mol. The maximum atomic E-state index is 13.6. The normalized spacial score (nSPS) is 23.4. The molecular weight excluding hydrogens is 434 g/mol. The molecular formula is C27H29NO4S. The van der Waals surface area contributed by atoms with Crippen molar-refractivity contribution in [3.63, 3.8) is 0 Å². The Labute approximate surface area is 198 Å². The summed E-state index contributed by atoms with van der Waals surface area (Å²) in [5.41, 5.74) is 5.00. The number of dihydropyridines is 1. The minimum Gasteiger partial charge on any atom is -0.496 e. The molecule has 172 valence electrons. The van der Waals surface area contributed by atoms with E-state index in [4.69, 9.17) is 9.47 Å². The molecule has 0 saturated heterocycles. The van der Waals surface area contributed by atoms with Crippen LogP contribution in [0.5, 0.6) is 5.75 Å². The summed E-state index contributed by atoms with van der Waals surface area (Å²) < 4.78 is 11.5. The highest BCUT2D eigenvalue weighted by molar-refractivity contribution is 7.08. The number of allylic oxidation sites excluding steroid dienone is 3. The van der Waals surface area contributed by atoms with Crippen molar-refractivity contribution in [2.24, 2.45) is 0 Å². The van der Waals surface area contributed by atoms with E-state index in [0.717, 1.165) is 54.0 Å². The molecule has 3 aliphatic rings. The number of thiophene rings is 1. The van der Waals surface area contributed by atoms with Crippen molar-refractivity contribution in [3.8, 4) is 5.75 Å². The number of carbonyl (C=O) groups excluding carboxylic acids is 2. The van der Waals surface area contributed by atoms with Gasteiger partial charge in [-0.25, -0.2) is 4.79 Å². The van der Waals surface area contributed by atoms with Crippen LogP contribution in [-0.2, 0) is 14.3 Å². The minimum absolute atomic E-state index is 0.0201. The van der Waals surface area contributed by atoms with Crippen LogP contribution in [0.15, 0.2) is 63.6 Å². The topological polar surface area (TPSA) is 64.6 Å². The Morgan fingerprint density at radius 2 is 1.91 bits per heavy atom. The van der Waals surface area contributed by atoms with Crippen molar-refractivity contribution in [1.29, 1.82) is 0 Å². The minimum atomic E-state index is -0.382. The monoisotopic (exact) mass is 463 g/mol. The van der Waals surface area contributed by atoms with Crippen LogP contribution >= 0.6 is 11.3 Å². The van der Waals surface area contributed by atoms with Crippen molar-refractivity contribution in [3.05, 3.63) is 74.8 Å². The van der Waals surface area contributed by atoms with E-state index in [1.54, 1.807) is 18.4 Å². The number of rotatable bonds is 5. The summed E-state index contributed by atoms with van der Waals surface area (Å²) in [4.78, 5) is 27.0. The molecule has 2 atom stereocenters. The number of ether oxygens (including phenoxy) is 2. The first-order valence-corrected chi connectivity index (χ1v) is 12.6. The molecule has 0 bridgehead atoms. The molecule has 2 aliphatic carbocycles. The lowest BCUT2D eigenvalue weighted by molar-refractivity contribution is -0.144. The first kappa shape index (κ1) is 22.0. The van der Waals surface area contributed by atoms with Gasteiger partial charge < -0.3 is 14.8 Å². The second kappa shape index (κ2) is 9.18. The van der Waals surface area contributed by atoms with Gasteiger partial charge in [-0.3, -0.25) is 4.79 Å². The highest BCUT2D eigenvalue weighted by atomic mass is 32.1. The lowest BCUT2D eigenvalue weighted by Crippen LogP contribution is -2.36. The van der Waals surface area contributed by atoms with Crippen molar-refractivity contribution < 1.29 is 19.1 Å². The van der Waals surface area contributed by atoms with Crippen LogP contribution in [-0.4, -0.2) is 25.0 Å². The number of esters is 1. The quantitative estimate of drug-likeness (QED) is 0.585. The Hall–Kier alpha value is -2.86. The molecule has 1 aliphatic heterocycles. The number of carbonyl (C=O) groups is 2. The molecule has 5 rings (SSSR count). The molecule has 2 unspecified atom stereocenters. The van der Waals surface area contributed by atoms with Crippen LogP contribution in [0.1, 0.15) is 68.4 Å². The van der Waals surface area contributed by atoms with E-state index in [0.29, 0.717) is 24.0 Å². The van der Waals surface area contributed by atoms with E-state index in [1.165, 1.54) is 0 Å². The highest BCUT2D eigenvalue weighted by Gasteiger charge is 2.42. The number of nitrogens with one attached hydrogen (secondary N) is 1. The maximum absolute atomic E-state index is 13.6. The molecule has 1 saturated carbocycles. The van der Waals surface area contributed by atoms with Crippen molar-refractivity contribution in [2.75, 3.05) is 7.11 Å². The van der Waals surface area contributed by atoms with E-state index in [9.17, 15) is 9.59 Å². The number of ketones is 1. The van der Waals surface area contributed by atoms with Gasteiger partial charge in [0.25, 0.3) is 0 Å². The number of Topliss-reactive ketones (excluding diaryl/α,β-unsaturated/α-hetero) is 1. The molecule has 1 aromatic carbocycles. The van der Waals surface area contributed by atoms with Crippen LogP contribution in [0.3, 0.4) is 0 Å². The van der Waals surface area contributed by atoms with Crippen LogP contribution in [0.25, 0.3) is 0 Å². The van der Waals surface area contributed by atoms with Crippen molar-refractivity contribution in [2.45, 2.75) is 63.4 Å². The van der Waals surface area contributed by atoms with E-state index < -0.39 is 0 Å². The zero-order valence-electron chi connectivity index (χ0n) is 19.1. The Morgan fingerprint density at radius 1 is 1.12 bits per heavy atom. The van der Waals surface area contributed by atoms with Gasteiger partial charge in [-0.15, -0.1) is 0 Å². The summed E-state index contributed by atoms with van der Waals surface area (Å²) >= 11 is 1.58. The van der Waals surface area contributed by atoms with Gasteiger partial charge in [-0.2, -0.15) is 11.3 Å². The first-order valence-electron chi connectivity index (χ1n) is 11.7.